The Hall–Kier alpha value is 0.0500. The van der Waals surface area contributed by atoms with E-state index in [1.807, 2.05) is 0 Å². The van der Waals surface area contributed by atoms with E-state index in [1.54, 1.807) is 5.37 Å². The summed E-state index contributed by atoms with van der Waals surface area (Å²) >= 11 is 4.59. The number of hydrogen-bond donors (Lipinski definition) is 0. The van der Waals surface area contributed by atoms with Gasteiger partial charge in [0, 0.05) is 0 Å². The molecule has 2 heteroatoms. The molecule has 44 valence electrons. The van der Waals surface area contributed by atoms with Crippen molar-refractivity contribution in [3.05, 3.63) is 0 Å². The van der Waals surface area contributed by atoms with Crippen molar-refractivity contribution in [2.24, 2.45) is 0 Å². The van der Waals surface area contributed by atoms with E-state index in [9.17, 15) is 0 Å². The maximum absolute atomic E-state index is 4.59. The zero-order valence-electron chi connectivity index (χ0n) is 4.61. The van der Waals surface area contributed by atoms with Crippen molar-refractivity contribution in [3.63, 3.8) is 0 Å². The van der Waals surface area contributed by atoms with Crippen molar-refractivity contribution >= 4 is 17.6 Å². The molecule has 0 aromatic carbocycles. The van der Waals surface area contributed by atoms with E-state index in [1.165, 1.54) is 12.8 Å². The molecule has 0 radical (unpaired) electrons. The molecule has 0 aliphatic rings. The van der Waals surface area contributed by atoms with E-state index in [2.05, 4.69) is 19.1 Å². The first kappa shape index (κ1) is 10.1. The molecule has 1 nitrogen and oxygen atoms in total. The quantitative estimate of drug-likeness (QED) is 0.408. The summed E-state index contributed by atoms with van der Waals surface area (Å²) in [5.41, 5.74) is 0. The molecule has 0 unspecified atom stereocenters. The van der Waals surface area contributed by atoms with Crippen molar-refractivity contribution in [3.8, 4) is 0 Å². The van der Waals surface area contributed by atoms with Gasteiger partial charge in [0.25, 0.3) is 0 Å². The Morgan fingerprint density at radius 3 is 2.29 bits per heavy atom. The standard InChI is InChI=1S/C5H10S.H2O/c1-2-3-4-5-6;/h5H,2-4H2,1H3;1H2. The van der Waals surface area contributed by atoms with Crippen LogP contribution in [-0.2, 0) is 0 Å². The third-order valence-electron chi connectivity index (χ3n) is 0.676. The highest BCUT2D eigenvalue weighted by Gasteiger charge is 1.72. The Labute approximate surface area is 50.0 Å². The van der Waals surface area contributed by atoms with Crippen LogP contribution in [-0.4, -0.2) is 10.8 Å². The minimum absolute atomic E-state index is 0. The van der Waals surface area contributed by atoms with E-state index in [-0.39, 0.29) is 5.48 Å². The van der Waals surface area contributed by atoms with Gasteiger partial charge in [-0.15, -0.1) is 0 Å². The van der Waals surface area contributed by atoms with Gasteiger partial charge in [0.2, 0.25) is 0 Å². The zero-order valence-corrected chi connectivity index (χ0v) is 5.42. The molecule has 2 N–H and O–H groups in total. The Balaban J connectivity index is 0. The zero-order chi connectivity index (χ0) is 4.83. The maximum Gasteiger partial charge on any atom is -0.0210 e. The predicted octanol–water partition coefficient (Wildman–Crippen LogP) is 1.35. The Kier molecular flexibility index (Phi) is 13.6. The van der Waals surface area contributed by atoms with Crippen LogP contribution in [0, 0.1) is 0 Å². The summed E-state index contributed by atoms with van der Waals surface area (Å²) in [7, 11) is 0. The van der Waals surface area contributed by atoms with Gasteiger partial charge in [-0.05, 0) is 18.2 Å². The number of unbranched alkanes of at least 4 members (excludes halogenated alkanes) is 2. The lowest BCUT2D eigenvalue weighted by atomic mass is 10.3. The van der Waals surface area contributed by atoms with Gasteiger partial charge < -0.3 is 5.48 Å². The van der Waals surface area contributed by atoms with Crippen molar-refractivity contribution in [1.29, 1.82) is 0 Å². The fourth-order valence-electron chi connectivity index (χ4n) is 0.287. The summed E-state index contributed by atoms with van der Waals surface area (Å²) in [5.74, 6) is 0. The van der Waals surface area contributed by atoms with Crippen LogP contribution in [0.3, 0.4) is 0 Å². The molecule has 0 aliphatic heterocycles. The SMILES string of the molecule is CCCCC=S.O. The van der Waals surface area contributed by atoms with Crippen LogP contribution in [0.2, 0.25) is 0 Å². The average Bonchev–Trinajstić information content (AvgIpc) is 1.61. The summed E-state index contributed by atoms with van der Waals surface area (Å²) in [4.78, 5) is 0. The average molecular weight is 120 g/mol. The van der Waals surface area contributed by atoms with Crippen LogP contribution in [0.15, 0.2) is 0 Å². The van der Waals surface area contributed by atoms with Crippen LogP contribution < -0.4 is 0 Å². The van der Waals surface area contributed by atoms with Gasteiger partial charge in [0.1, 0.15) is 0 Å². The summed E-state index contributed by atoms with van der Waals surface area (Å²) in [6, 6.07) is 0. The third-order valence-corrected chi connectivity index (χ3v) is 0.911. The van der Waals surface area contributed by atoms with Crippen LogP contribution in [0.5, 0.6) is 0 Å². The van der Waals surface area contributed by atoms with Crippen molar-refractivity contribution in [2.45, 2.75) is 26.2 Å². The van der Waals surface area contributed by atoms with Gasteiger partial charge in [-0.25, -0.2) is 0 Å². The predicted molar refractivity (Wildman–Crippen MR) is 36.8 cm³/mol. The van der Waals surface area contributed by atoms with Crippen LogP contribution in [0.4, 0.5) is 0 Å². The fraction of sp³-hybridized carbons (Fsp3) is 0.800. The molecule has 0 fully saturated rings. The molecule has 0 amide bonds. The third kappa shape index (κ3) is 10.7. The van der Waals surface area contributed by atoms with Gasteiger partial charge in [0.05, 0.1) is 0 Å². The molecular formula is C5H12OS. The molecule has 0 aromatic heterocycles. The molecule has 0 spiro atoms. The highest BCUT2D eigenvalue weighted by Crippen LogP contribution is 1.88. The van der Waals surface area contributed by atoms with E-state index in [0.717, 1.165) is 6.42 Å². The lowest BCUT2D eigenvalue weighted by Gasteiger charge is -1.80. The second kappa shape index (κ2) is 9.41. The molecule has 0 saturated carbocycles. The van der Waals surface area contributed by atoms with Crippen LogP contribution in [0.1, 0.15) is 26.2 Å². The van der Waals surface area contributed by atoms with Crippen molar-refractivity contribution in [1.82, 2.24) is 0 Å². The van der Waals surface area contributed by atoms with Crippen molar-refractivity contribution in [2.75, 3.05) is 0 Å². The summed E-state index contributed by atoms with van der Waals surface area (Å²) < 4.78 is 0. The van der Waals surface area contributed by atoms with E-state index >= 15 is 0 Å². The topological polar surface area (TPSA) is 31.5 Å². The van der Waals surface area contributed by atoms with Gasteiger partial charge in [-0.3, -0.25) is 0 Å². The molecule has 0 atom stereocenters. The lowest BCUT2D eigenvalue weighted by Crippen LogP contribution is -1.67. The van der Waals surface area contributed by atoms with Gasteiger partial charge >= 0.3 is 0 Å². The molecule has 0 saturated heterocycles. The Morgan fingerprint density at radius 2 is 2.14 bits per heavy atom. The van der Waals surface area contributed by atoms with Gasteiger partial charge in [-0.2, -0.15) is 0 Å². The summed E-state index contributed by atoms with van der Waals surface area (Å²) in [5, 5.41) is 1.80. The molecule has 0 aliphatic carbocycles. The first-order valence-electron chi connectivity index (χ1n) is 2.35. The highest BCUT2D eigenvalue weighted by atomic mass is 32.1. The first-order valence-corrected chi connectivity index (χ1v) is 2.82. The second-order valence-corrected chi connectivity index (χ2v) is 1.64. The Morgan fingerprint density at radius 1 is 1.57 bits per heavy atom. The minimum atomic E-state index is 0. The van der Waals surface area contributed by atoms with Crippen LogP contribution in [0.25, 0.3) is 0 Å². The number of rotatable bonds is 3. The normalized spacial score (nSPS) is 7.00. The van der Waals surface area contributed by atoms with E-state index < -0.39 is 0 Å². The van der Waals surface area contributed by atoms with Gasteiger partial charge in [0.15, 0.2) is 0 Å². The smallest absolute Gasteiger partial charge is 0.0210 e. The Bertz CT molecular complexity index is 37.1. The number of thiocarbonyl (C=S) groups is 1. The molecular weight excluding hydrogens is 108 g/mol. The largest absolute Gasteiger partial charge is 0.412 e. The van der Waals surface area contributed by atoms with Gasteiger partial charge in [-0.1, -0.05) is 25.6 Å². The fourth-order valence-corrected chi connectivity index (χ4v) is 0.454. The molecule has 7 heavy (non-hydrogen) atoms. The van der Waals surface area contributed by atoms with Crippen molar-refractivity contribution < 1.29 is 5.48 Å². The first-order chi connectivity index (χ1) is 2.91. The van der Waals surface area contributed by atoms with E-state index in [4.69, 9.17) is 0 Å². The molecule has 0 heterocycles. The molecule has 0 aromatic rings. The highest BCUT2D eigenvalue weighted by molar-refractivity contribution is 7.78. The second-order valence-electron chi connectivity index (χ2n) is 1.31. The summed E-state index contributed by atoms with van der Waals surface area (Å²) in [6.45, 7) is 2.17. The monoisotopic (exact) mass is 120 g/mol. The maximum atomic E-state index is 4.59. The molecule has 0 bridgehead atoms. The minimum Gasteiger partial charge on any atom is -0.412 e. The van der Waals surface area contributed by atoms with Crippen LogP contribution >= 0.6 is 12.2 Å². The number of hydrogen-bond acceptors (Lipinski definition) is 1. The summed E-state index contributed by atoms with van der Waals surface area (Å²) in [6.07, 6.45) is 3.61. The molecule has 0 rings (SSSR count). The van der Waals surface area contributed by atoms with E-state index in [0.29, 0.717) is 0 Å². The lowest BCUT2D eigenvalue weighted by molar-refractivity contribution is 0.824.